The lowest BCUT2D eigenvalue weighted by molar-refractivity contribution is 0.505. The topological polar surface area (TPSA) is 55.9 Å². The van der Waals surface area contributed by atoms with Crippen LogP contribution in [0.3, 0.4) is 0 Å². The maximum Gasteiger partial charge on any atom is 0.0738 e. The minimum atomic E-state index is 0.214. The van der Waals surface area contributed by atoms with Gasteiger partial charge in [0.1, 0.15) is 0 Å². The third-order valence-corrected chi connectivity index (χ3v) is 4.76. The fraction of sp³-hybridized carbons (Fsp3) is 0.417. The number of nitrogens with two attached hydrogens (primary N) is 1. The highest BCUT2D eigenvalue weighted by molar-refractivity contribution is 9.10. The van der Waals surface area contributed by atoms with Crippen molar-refractivity contribution >= 4 is 27.3 Å². The molecule has 18 heavy (non-hydrogen) atoms. The van der Waals surface area contributed by atoms with Crippen molar-refractivity contribution in [3.8, 4) is 0 Å². The van der Waals surface area contributed by atoms with E-state index in [0.717, 1.165) is 23.0 Å². The summed E-state index contributed by atoms with van der Waals surface area (Å²) in [7, 11) is 1.96. The lowest BCUT2D eigenvalue weighted by Gasteiger charge is -2.15. The van der Waals surface area contributed by atoms with Gasteiger partial charge < -0.3 is 0 Å². The SMILES string of the molecule is Cc1nn(C)c(CC(Cc2ccsc2)NN)c1Br. The van der Waals surface area contributed by atoms with Crippen molar-refractivity contribution in [3.63, 3.8) is 0 Å². The van der Waals surface area contributed by atoms with Gasteiger partial charge in [0.05, 0.1) is 15.9 Å². The van der Waals surface area contributed by atoms with Crippen LogP contribution in [0.25, 0.3) is 0 Å². The van der Waals surface area contributed by atoms with Crippen molar-refractivity contribution in [2.45, 2.75) is 25.8 Å². The van der Waals surface area contributed by atoms with Gasteiger partial charge in [0.2, 0.25) is 0 Å². The summed E-state index contributed by atoms with van der Waals surface area (Å²) in [6.07, 6.45) is 1.78. The molecule has 2 aromatic heterocycles. The number of nitrogens with zero attached hydrogens (tertiary/aromatic N) is 2. The molecule has 0 aliphatic carbocycles. The Balaban J connectivity index is 2.10. The number of aromatic nitrogens is 2. The molecule has 0 saturated heterocycles. The highest BCUT2D eigenvalue weighted by Gasteiger charge is 2.16. The van der Waals surface area contributed by atoms with Gasteiger partial charge in [0.15, 0.2) is 0 Å². The first-order valence-corrected chi connectivity index (χ1v) is 7.50. The summed E-state index contributed by atoms with van der Waals surface area (Å²) >= 11 is 5.30. The van der Waals surface area contributed by atoms with Crippen LogP contribution in [0.4, 0.5) is 0 Å². The van der Waals surface area contributed by atoms with E-state index in [1.165, 1.54) is 11.3 Å². The van der Waals surface area contributed by atoms with E-state index in [0.29, 0.717) is 0 Å². The van der Waals surface area contributed by atoms with E-state index in [1.54, 1.807) is 11.3 Å². The van der Waals surface area contributed by atoms with Gasteiger partial charge in [0.25, 0.3) is 0 Å². The lowest BCUT2D eigenvalue weighted by atomic mass is 10.0. The predicted molar refractivity (Wildman–Crippen MR) is 78.5 cm³/mol. The van der Waals surface area contributed by atoms with Gasteiger partial charge in [-0.1, -0.05) is 0 Å². The molecular weight excluding hydrogens is 312 g/mol. The fourth-order valence-corrected chi connectivity index (χ4v) is 3.20. The maximum absolute atomic E-state index is 5.65. The molecule has 0 bridgehead atoms. The Morgan fingerprint density at radius 3 is 2.83 bits per heavy atom. The monoisotopic (exact) mass is 328 g/mol. The van der Waals surface area contributed by atoms with Crippen LogP contribution in [0.1, 0.15) is 17.0 Å². The summed E-state index contributed by atoms with van der Waals surface area (Å²) in [5.41, 5.74) is 6.40. The Morgan fingerprint density at radius 1 is 1.56 bits per heavy atom. The molecular formula is C12H17BrN4S. The van der Waals surface area contributed by atoms with Gasteiger partial charge in [-0.15, -0.1) is 0 Å². The summed E-state index contributed by atoms with van der Waals surface area (Å²) in [5.74, 6) is 5.65. The van der Waals surface area contributed by atoms with E-state index >= 15 is 0 Å². The van der Waals surface area contributed by atoms with Crippen LogP contribution in [-0.4, -0.2) is 15.8 Å². The number of halogens is 1. The van der Waals surface area contributed by atoms with Crippen molar-refractivity contribution in [3.05, 3.63) is 38.3 Å². The van der Waals surface area contributed by atoms with E-state index in [4.69, 9.17) is 5.84 Å². The van der Waals surface area contributed by atoms with Gasteiger partial charge in [-0.25, -0.2) is 0 Å². The Morgan fingerprint density at radius 2 is 2.33 bits per heavy atom. The summed E-state index contributed by atoms with van der Waals surface area (Å²) in [6, 6.07) is 2.35. The smallest absolute Gasteiger partial charge is 0.0738 e. The molecule has 6 heteroatoms. The van der Waals surface area contributed by atoms with Crippen molar-refractivity contribution < 1.29 is 0 Å². The first-order valence-electron chi connectivity index (χ1n) is 5.77. The van der Waals surface area contributed by atoms with Crippen molar-refractivity contribution in [1.29, 1.82) is 0 Å². The van der Waals surface area contributed by atoms with E-state index in [1.807, 2.05) is 18.7 Å². The van der Waals surface area contributed by atoms with Gasteiger partial charge in [0, 0.05) is 19.5 Å². The largest absolute Gasteiger partial charge is 0.271 e. The fourth-order valence-electron chi connectivity index (χ4n) is 2.02. The van der Waals surface area contributed by atoms with Crippen LogP contribution in [0.2, 0.25) is 0 Å². The van der Waals surface area contributed by atoms with E-state index < -0.39 is 0 Å². The van der Waals surface area contributed by atoms with Gasteiger partial charge in [-0.3, -0.25) is 16.0 Å². The molecule has 0 radical (unpaired) electrons. The number of hydrogen-bond donors (Lipinski definition) is 2. The Labute approximate surface area is 119 Å². The summed E-state index contributed by atoms with van der Waals surface area (Å²) in [5, 5.41) is 8.65. The number of nitrogens with one attached hydrogen (secondary N) is 1. The molecule has 4 nitrogen and oxygen atoms in total. The average molecular weight is 329 g/mol. The molecule has 1 unspecified atom stereocenters. The quantitative estimate of drug-likeness (QED) is 0.653. The van der Waals surface area contributed by atoms with Crippen LogP contribution < -0.4 is 11.3 Å². The second-order valence-corrected chi connectivity index (χ2v) is 5.95. The van der Waals surface area contributed by atoms with Crippen molar-refractivity contribution in [2.75, 3.05) is 0 Å². The molecule has 0 aliphatic rings. The van der Waals surface area contributed by atoms with E-state index in [2.05, 4.69) is 43.3 Å². The predicted octanol–water partition coefficient (Wildman–Crippen LogP) is 2.17. The number of thiophene rings is 1. The third kappa shape index (κ3) is 3.00. The standard InChI is InChI=1S/C12H17BrN4S/c1-8-12(13)11(17(2)16-8)6-10(15-14)5-9-3-4-18-7-9/h3-4,7,10,15H,5-6,14H2,1-2H3. The number of hydrogen-bond acceptors (Lipinski definition) is 4. The molecule has 98 valence electrons. The average Bonchev–Trinajstić information content (AvgIpc) is 2.92. The first-order chi connectivity index (χ1) is 8.61. The summed E-state index contributed by atoms with van der Waals surface area (Å²) in [6.45, 7) is 2.00. The highest BCUT2D eigenvalue weighted by Crippen LogP contribution is 2.22. The van der Waals surface area contributed by atoms with Crippen LogP contribution >= 0.6 is 27.3 Å². The highest BCUT2D eigenvalue weighted by atomic mass is 79.9. The van der Waals surface area contributed by atoms with Crippen LogP contribution in [0.5, 0.6) is 0 Å². The van der Waals surface area contributed by atoms with Gasteiger partial charge >= 0.3 is 0 Å². The Kier molecular flexibility index (Phi) is 4.55. The van der Waals surface area contributed by atoms with Crippen molar-refractivity contribution in [2.24, 2.45) is 12.9 Å². The van der Waals surface area contributed by atoms with Crippen LogP contribution in [0, 0.1) is 6.92 Å². The van der Waals surface area contributed by atoms with Crippen LogP contribution in [-0.2, 0) is 19.9 Å². The second-order valence-electron chi connectivity index (χ2n) is 4.37. The molecule has 3 N–H and O–H groups in total. The molecule has 0 saturated carbocycles. The van der Waals surface area contributed by atoms with Gasteiger partial charge in [-0.05, 0) is 51.7 Å². The zero-order chi connectivity index (χ0) is 13.1. The van der Waals surface area contributed by atoms with E-state index in [9.17, 15) is 0 Å². The van der Waals surface area contributed by atoms with Crippen molar-refractivity contribution in [1.82, 2.24) is 15.2 Å². The molecule has 2 rings (SSSR count). The minimum absolute atomic E-state index is 0.214. The summed E-state index contributed by atoms with van der Waals surface area (Å²) in [4.78, 5) is 0. The third-order valence-electron chi connectivity index (χ3n) is 3.00. The molecule has 0 aliphatic heterocycles. The molecule has 0 aromatic carbocycles. The second kappa shape index (κ2) is 5.97. The molecule has 0 spiro atoms. The molecule has 0 amide bonds. The Bertz CT molecular complexity index is 506. The summed E-state index contributed by atoms with van der Waals surface area (Å²) < 4.78 is 2.99. The Hall–Kier alpha value is -0.690. The first kappa shape index (κ1) is 13.7. The minimum Gasteiger partial charge on any atom is -0.271 e. The molecule has 1 atom stereocenters. The number of rotatable bonds is 5. The molecule has 2 heterocycles. The van der Waals surface area contributed by atoms with Gasteiger partial charge in [-0.2, -0.15) is 16.4 Å². The van der Waals surface area contributed by atoms with Crippen LogP contribution in [0.15, 0.2) is 21.3 Å². The number of aryl methyl sites for hydroxylation is 2. The van der Waals surface area contributed by atoms with E-state index in [-0.39, 0.29) is 6.04 Å². The molecule has 0 fully saturated rings. The zero-order valence-electron chi connectivity index (χ0n) is 10.5. The maximum atomic E-state index is 5.65. The zero-order valence-corrected chi connectivity index (χ0v) is 12.9. The number of hydrazine groups is 1. The lowest BCUT2D eigenvalue weighted by Crippen LogP contribution is -2.38. The molecule has 2 aromatic rings. The normalized spacial score (nSPS) is 12.9.